The fourth-order valence-electron chi connectivity index (χ4n) is 2.66. The fraction of sp³-hybridized carbons (Fsp3) is 0.353. The quantitative estimate of drug-likeness (QED) is 0.856. The standard InChI is InChI=1S/C17H20N2O/c1-19(2)17-8-7-13(11-18-17)9-14-10-15-5-3-4-6-16(15)20-12-14/h3-8,11,14H,9-10,12H2,1-2H3/t14-/m1/s1. The van der Waals surface area contributed by atoms with Gasteiger partial charge in [0.2, 0.25) is 0 Å². The van der Waals surface area contributed by atoms with Gasteiger partial charge in [-0.1, -0.05) is 24.3 Å². The Morgan fingerprint density at radius 3 is 2.80 bits per heavy atom. The van der Waals surface area contributed by atoms with Crippen LogP contribution in [0.4, 0.5) is 5.82 Å². The highest BCUT2D eigenvalue weighted by Gasteiger charge is 2.19. The third-order valence-electron chi connectivity index (χ3n) is 3.75. The minimum Gasteiger partial charge on any atom is -0.493 e. The number of nitrogens with zero attached hydrogens (tertiary/aromatic N) is 2. The molecular weight excluding hydrogens is 248 g/mol. The van der Waals surface area contributed by atoms with Crippen LogP contribution in [0.2, 0.25) is 0 Å². The molecule has 3 heteroatoms. The molecule has 2 heterocycles. The van der Waals surface area contributed by atoms with Gasteiger partial charge in [-0.05, 0) is 36.1 Å². The molecule has 0 bridgehead atoms. The first kappa shape index (κ1) is 13.0. The second-order valence-electron chi connectivity index (χ2n) is 5.61. The van der Waals surface area contributed by atoms with E-state index in [0.717, 1.165) is 31.0 Å². The van der Waals surface area contributed by atoms with Gasteiger partial charge in [0.05, 0.1) is 6.61 Å². The Labute approximate surface area is 120 Å². The Bertz CT molecular complexity index is 578. The number of rotatable bonds is 3. The van der Waals surface area contributed by atoms with Gasteiger partial charge >= 0.3 is 0 Å². The number of para-hydroxylation sites is 1. The van der Waals surface area contributed by atoms with Crippen molar-refractivity contribution >= 4 is 5.82 Å². The van der Waals surface area contributed by atoms with Gasteiger partial charge in [0.15, 0.2) is 0 Å². The normalized spacial score (nSPS) is 17.2. The number of fused-ring (bicyclic) bond motifs is 1. The molecule has 0 saturated heterocycles. The number of hydrogen-bond acceptors (Lipinski definition) is 3. The molecule has 20 heavy (non-hydrogen) atoms. The second kappa shape index (κ2) is 5.53. The molecule has 0 unspecified atom stereocenters. The van der Waals surface area contributed by atoms with Gasteiger partial charge in [-0.15, -0.1) is 0 Å². The largest absolute Gasteiger partial charge is 0.493 e. The summed E-state index contributed by atoms with van der Waals surface area (Å²) in [6, 6.07) is 12.6. The molecule has 0 spiro atoms. The average molecular weight is 268 g/mol. The van der Waals surface area contributed by atoms with Crippen LogP contribution >= 0.6 is 0 Å². The van der Waals surface area contributed by atoms with Crippen LogP contribution in [0.25, 0.3) is 0 Å². The summed E-state index contributed by atoms with van der Waals surface area (Å²) in [4.78, 5) is 6.49. The lowest BCUT2D eigenvalue weighted by Gasteiger charge is -2.25. The maximum Gasteiger partial charge on any atom is 0.127 e. The Balaban J connectivity index is 1.67. The SMILES string of the molecule is CN(C)c1ccc(C[C@H]2COc3ccccc3C2)cn1. The first-order valence-electron chi connectivity index (χ1n) is 7.05. The third-order valence-corrected chi connectivity index (χ3v) is 3.75. The van der Waals surface area contributed by atoms with Crippen molar-refractivity contribution in [1.29, 1.82) is 0 Å². The molecule has 3 rings (SSSR count). The molecular formula is C17H20N2O. The van der Waals surface area contributed by atoms with Crippen molar-refractivity contribution in [1.82, 2.24) is 4.98 Å². The van der Waals surface area contributed by atoms with E-state index in [9.17, 15) is 0 Å². The van der Waals surface area contributed by atoms with E-state index < -0.39 is 0 Å². The van der Waals surface area contributed by atoms with Gasteiger partial charge < -0.3 is 9.64 Å². The zero-order chi connectivity index (χ0) is 13.9. The number of aromatic nitrogens is 1. The Hall–Kier alpha value is -2.03. The summed E-state index contributed by atoms with van der Waals surface area (Å²) in [5.41, 5.74) is 2.60. The van der Waals surface area contributed by atoms with E-state index >= 15 is 0 Å². The lowest BCUT2D eigenvalue weighted by atomic mass is 9.91. The summed E-state index contributed by atoms with van der Waals surface area (Å²) in [5, 5.41) is 0. The summed E-state index contributed by atoms with van der Waals surface area (Å²) in [5.74, 6) is 2.58. The third kappa shape index (κ3) is 2.77. The molecule has 1 aliphatic rings. The Morgan fingerprint density at radius 1 is 1.20 bits per heavy atom. The first-order chi connectivity index (χ1) is 9.72. The van der Waals surface area contributed by atoms with Crippen LogP contribution in [-0.4, -0.2) is 25.7 Å². The molecule has 1 atom stereocenters. The van der Waals surface area contributed by atoms with Crippen LogP contribution in [0.15, 0.2) is 42.6 Å². The monoisotopic (exact) mass is 268 g/mol. The predicted molar refractivity (Wildman–Crippen MR) is 81.4 cm³/mol. The summed E-state index contributed by atoms with van der Waals surface area (Å²) >= 11 is 0. The molecule has 0 aliphatic carbocycles. The summed E-state index contributed by atoms with van der Waals surface area (Å²) in [6.07, 6.45) is 4.09. The number of anilines is 1. The number of ether oxygens (including phenoxy) is 1. The van der Waals surface area contributed by atoms with Crippen LogP contribution in [0, 0.1) is 5.92 Å². The number of benzene rings is 1. The molecule has 1 aromatic carbocycles. The molecule has 0 radical (unpaired) electrons. The van der Waals surface area contributed by atoms with E-state index in [1.54, 1.807) is 0 Å². The smallest absolute Gasteiger partial charge is 0.127 e. The molecule has 1 aliphatic heterocycles. The fourth-order valence-corrected chi connectivity index (χ4v) is 2.66. The Morgan fingerprint density at radius 2 is 2.05 bits per heavy atom. The van der Waals surface area contributed by atoms with Gasteiger partial charge in [0.1, 0.15) is 11.6 Å². The van der Waals surface area contributed by atoms with E-state index in [2.05, 4.69) is 35.3 Å². The molecule has 104 valence electrons. The lowest BCUT2D eigenvalue weighted by Crippen LogP contribution is -2.22. The van der Waals surface area contributed by atoms with E-state index in [4.69, 9.17) is 4.74 Å². The highest BCUT2D eigenvalue weighted by Crippen LogP contribution is 2.28. The summed E-state index contributed by atoms with van der Waals surface area (Å²) < 4.78 is 5.84. The topological polar surface area (TPSA) is 25.4 Å². The van der Waals surface area contributed by atoms with Crippen molar-refractivity contribution in [2.75, 3.05) is 25.6 Å². The maximum absolute atomic E-state index is 5.84. The van der Waals surface area contributed by atoms with Gasteiger partial charge in [-0.2, -0.15) is 0 Å². The van der Waals surface area contributed by atoms with Crippen molar-refractivity contribution < 1.29 is 4.74 Å². The van der Waals surface area contributed by atoms with Gasteiger partial charge in [0.25, 0.3) is 0 Å². The zero-order valence-electron chi connectivity index (χ0n) is 12.0. The lowest BCUT2D eigenvalue weighted by molar-refractivity contribution is 0.221. The molecule has 2 aromatic rings. The minimum atomic E-state index is 0.539. The van der Waals surface area contributed by atoms with Crippen LogP contribution in [0.3, 0.4) is 0 Å². The van der Waals surface area contributed by atoms with Crippen molar-refractivity contribution in [3.63, 3.8) is 0 Å². The van der Waals surface area contributed by atoms with Gasteiger partial charge in [-0.3, -0.25) is 0 Å². The zero-order valence-corrected chi connectivity index (χ0v) is 12.0. The molecule has 0 fully saturated rings. The van der Waals surface area contributed by atoms with Crippen molar-refractivity contribution in [3.8, 4) is 5.75 Å². The Kier molecular flexibility index (Phi) is 3.59. The van der Waals surface area contributed by atoms with Crippen LogP contribution in [0.5, 0.6) is 5.75 Å². The van der Waals surface area contributed by atoms with Crippen LogP contribution in [-0.2, 0) is 12.8 Å². The highest BCUT2D eigenvalue weighted by atomic mass is 16.5. The van der Waals surface area contributed by atoms with Crippen molar-refractivity contribution in [2.24, 2.45) is 5.92 Å². The number of pyridine rings is 1. The maximum atomic E-state index is 5.84. The molecule has 1 aromatic heterocycles. The van der Waals surface area contributed by atoms with Gasteiger partial charge in [0, 0.05) is 26.2 Å². The van der Waals surface area contributed by atoms with Crippen molar-refractivity contribution in [2.45, 2.75) is 12.8 Å². The van der Waals surface area contributed by atoms with E-state index in [0.29, 0.717) is 5.92 Å². The summed E-state index contributed by atoms with van der Waals surface area (Å²) in [7, 11) is 4.02. The molecule has 0 amide bonds. The predicted octanol–water partition coefficient (Wildman–Crippen LogP) is 2.94. The second-order valence-corrected chi connectivity index (χ2v) is 5.61. The summed E-state index contributed by atoms with van der Waals surface area (Å²) in [6.45, 7) is 0.798. The minimum absolute atomic E-state index is 0.539. The number of hydrogen-bond donors (Lipinski definition) is 0. The van der Waals surface area contributed by atoms with E-state index in [1.165, 1.54) is 11.1 Å². The van der Waals surface area contributed by atoms with Gasteiger partial charge in [-0.25, -0.2) is 4.98 Å². The van der Waals surface area contributed by atoms with E-state index in [1.807, 2.05) is 31.3 Å². The van der Waals surface area contributed by atoms with Crippen molar-refractivity contribution in [3.05, 3.63) is 53.7 Å². The molecule has 0 saturated carbocycles. The molecule has 0 N–H and O–H groups in total. The van der Waals surface area contributed by atoms with Crippen LogP contribution in [0.1, 0.15) is 11.1 Å². The molecule has 3 nitrogen and oxygen atoms in total. The average Bonchev–Trinajstić information content (AvgIpc) is 2.48. The van der Waals surface area contributed by atoms with E-state index in [-0.39, 0.29) is 0 Å². The first-order valence-corrected chi connectivity index (χ1v) is 7.05. The highest BCUT2D eigenvalue weighted by molar-refractivity contribution is 5.38. The van der Waals surface area contributed by atoms with Crippen LogP contribution < -0.4 is 9.64 Å².